The van der Waals surface area contributed by atoms with E-state index < -0.39 is 0 Å². The Morgan fingerprint density at radius 1 is 0.588 bits per heavy atom. The molecule has 0 spiro atoms. The van der Waals surface area contributed by atoms with Gasteiger partial charge in [-0.15, -0.1) is 0 Å². The molecule has 0 bridgehead atoms. The largest absolute Gasteiger partial charge is 0.489 e. The lowest BCUT2D eigenvalue weighted by Gasteiger charge is -2.22. The van der Waals surface area contributed by atoms with Crippen molar-refractivity contribution in [1.82, 2.24) is 0 Å². The number of carbonyl (C=O) groups is 2. The van der Waals surface area contributed by atoms with Crippen LogP contribution in [0.4, 0.5) is 0 Å². The van der Waals surface area contributed by atoms with E-state index in [-0.39, 0.29) is 49.2 Å². The molecule has 3 rings (SSSR count). The molecule has 0 radical (unpaired) electrons. The van der Waals surface area contributed by atoms with Crippen molar-refractivity contribution in [3.8, 4) is 11.5 Å². The molecular weight excluding hydrogens is 432 g/mol. The van der Waals surface area contributed by atoms with E-state index in [9.17, 15) is 9.59 Å². The van der Waals surface area contributed by atoms with Gasteiger partial charge >= 0.3 is 11.9 Å². The van der Waals surface area contributed by atoms with Crippen LogP contribution in [0.2, 0.25) is 0 Å². The van der Waals surface area contributed by atoms with Crippen LogP contribution in [0.1, 0.15) is 54.4 Å². The zero-order valence-corrected chi connectivity index (χ0v) is 20.8. The maximum atomic E-state index is 12.2. The minimum absolute atomic E-state index is 0.147. The van der Waals surface area contributed by atoms with E-state index in [0.717, 1.165) is 21.5 Å². The van der Waals surface area contributed by atoms with Crippen LogP contribution in [0.3, 0.4) is 0 Å². The molecule has 0 saturated carbocycles. The Bertz CT molecular complexity index is 1000. The summed E-state index contributed by atoms with van der Waals surface area (Å²) in [6.07, 6.45) is -0.804. The highest BCUT2D eigenvalue weighted by molar-refractivity contribution is 6.11. The second-order valence-corrected chi connectivity index (χ2v) is 9.09. The predicted molar refractivity (Wildman–Crippen MR) is 133 cm³/mol. The van der Waals surface area contributed by atoms with Crippen LogP contribution in [-0.2, 0) is 19.1 Å². The summed E-state index contributed by atoms with van der Waals surface area (Å²) in [5.74, 6) is 0.793. The van der Waals surface area contributed by atoms with E-state index >= 15 is 0 Å². The lowest BCUT2D eigenvalue weighted by Crippen LogP contribution is -2.22. The summed E-state index contributed by atoms with van der Waals surface area (Å²) >= 11 is 0. The van der Waals surface area contributed by atoms with Crippen LogP contribution in [0, 0.1) is 0 Å². The van der Waals surface area contributed by atoms with Gasteiger partial charge in [0.1, 0.15) is 23.7 Å². The lowest BCUT2D eigenvalue weighted by atomic mass is 10.00. The second kappa shape index (κ2) is 11.2. The summed E-state index contributed by atoms with van der Waals surface area (Å²) in [7, 11) is 0. The predicted octanol–water partition coefficient (Wildman–Crippen LogP) is 6.21. The molecule has 2 atom stereocenters. The maximum absolute atomic E-state index is 12.2. The third kappa shape index (κ3) is 6.40. The van der Waals surface area contributed by atoms with Gasteiger partial charge in [-0.3, -0.25) is 9.59 Å². The van der Waals surface area contributed by atoms with Gasteiger partial charge in [0.05, 0.1) is 25.0 Å². The van der Waals surface area contributed by atoms with Gasteiger partial charge in [0, 0.05) is 21.5 Å². The van der Waals surface area contributed by atoms with Crippen molar-refractivity contribution in [3.63, 3.8) is 0 Å². The number of rotatable bonds is 10. The van der Waals surface area contributed by atoms with Gasteiger partial charge in [-0.05, 0) is 41.5 Å². The highest BCUT2D eigenvalue weighted by atomic mass is 16.6. The zero-order valence-electron chi connectivity index (χ0n) is 20.8. The van der Waals surface area contributed by atoms with Crippen molar-refractivity contribution < 1.29 is 28.5 Å². The molecule has 2 unspecified atom stereocenters. The van der Waals surface area contributed by atoms with Crippen molar-refractivity contribution in [2.24, 2.45) is 0 Å². The van der Waals surface area contributed by atoms with E-state index in [0.29, 0.717) is 11.5 Å². The van der Waals surface area contributed by atoms with Gasteiger partial charge in [-0.1, -0.05) is 48.5 Å². The molecule has 0 aliphatic carbocycles. The van der Waals surface area contributed by atoms with Crippen LogP contribution < -0.4 is 9.47 Å². The maximum Gasteiger partial charge on any atom is 0.309 e. The van der Waals surface area contributed by atoms with E-state index in [1.54, 1.807) is 0 Å². The fraction of sp³-hybridized carbons (Fsp3) is 0.429. The van der Waals surface area contributed by atoms with E-state index in [4.69, 9.17) is 18.9 Å². The molecule has 0 N–H and O–H groups in total. The smallest absolute Gasteiger partial charge is 0.309 e. The first-order valence-corrected chi connectivity index (χ1v) is 11.8. The third-order valence-electron chi connectivity index (χ3n) is 5.11. The first kappa shape index (κ1) is 25.3. The molecule has 3 aromatic rings. The monoisotopic (exact) mass is 466 g/mol. The molecule has 3 aromatic carbocycles. The first-order chi connectivity index (χ1) is 16.2. The topological polar surface area (TPSA) is 71.1 Å². The van der Waals surface area contributed by atoms with E-state index in [1.165, 1.54) is 0 Å². The molecular formula is C28H34O6. The summed E-state index contributed by atoms with van der Waals surface area (Å²) in [6.45, 7) is 11.0. The van der Waals surface area contributed by atoms with E-state index in [2.05, 4.69) is 0 Å². The molecule has 0 aliphatic rings. The molecule has 0 fully saturated rings. The van der Waals surface area contributed by atoms with Crippen LogP contribution >= 0.6 is 0 Å². The summed E-state index contributed by atoms with van der Waals surface area (Å²) in [5, 5.41) is 3.49. The highest BCUT2D eigenvalue weighted by Gasteiger charge is 2.21. The molecule has 0 amide bonds. The minimum atomic E-state index is -0.380. The van der Waals surface area contributed by atoms with Gasteiger partial charge in [-0.25, -0.2) is 0 Å². The van der Waals surface area contributed by atoms with Crippen LogP contribution in [0.5, 0.6) is 11.5 Å². The van der Waals surface area contributed by atoms with Crippen molar-refractivity contribution in [1.29, 1.82) is 0 Å². The number of carbonyl (C=O) groups excluding carboxylic acids is 2. The molecule has 182 valence electrons. The van der Waals surface area contributed by atoms with Crippen molar-refractivity contribution >= 4 is 33.5 Å². The number of hydrogen-bond acceptors (Lipinski definition) is 6. The molecule has 6 nitrogen and oxygen atoms in total. The van der Waals surface area contributed by atoms with Crippen LogP contribution in [0.15, 0.2) is 48.5 Å². The quantitative estimate of drug-likeness (QED) is 0.261. The van der Waals surface area contributed by atoms with Crippen LogP contribution in [0.25, 0.3) is 21.5 Å². The summed E-state index contributed by atoms with van der Waals surface area (Å²) in [6, 6.07) is 15.6. The standard InChI is InChI=1S/C28H34O6/c1-17(2)31-25(29)15-19(5)33-27-21-11-7-9-13-23(21)28(24-14-10-8-12-22(24)27)34-20(6)16-26(30)32-18(3)4/h7-14,17-20H,15-16H2,1-6H3. The molecule has 0 aliphatic heterocycles. The summed E-state index contributed by atoms with van der Waals surface area (Å²) < 4.78 is 23.2. The molecule has 0 saturated heterocycles. The Kier molecular flexibility index (Phi) is 8.37. The normalized spacial score (nSPS) is 13.2. The van der Waals surface area contributed by atoms with E-state index in [1.807, 2.05) is 90.1 Å². The Morgan fingerprint density at radius 2 is 0.882 bits per heavy atom. The lowest BCUT2D eigenvalue weighted by molar-refractivity contribution is -0.150. The number of fused-ring (bicyclic) bond motifs is 2. The van der Waals surface area contributed by atoms with Gasteiger partial charge < -0.3 is 18.9 Å². The summed E-state index contributed by atoms with van der Waals surface area (Å²) in [5.41, 5.74) is 0. The number of ether oxygens (including phenoxy) is 4. The fourth-order valence-corrected chi connectivity index (χ4v) is 3.88. The Hall–Kier alpha value is -3.28. The first-order valence-electron chi connectivity index (χ1n) is 11.8. The minimum Gasteiger partial charge on any atom is -0.489 e. The average molecular weight is 467 g/mol. The average Bonchev–Trinajstić information content (AvgIpc) is 2.74. The van der Waals surface area contributed by atoms with Gasteiger partial charge in [0.2, 0.25) is 0 Å². The zero-order chi connectivity index (χ0) is 24.8. The van der Waals surface area contributed by atoms with Crippen molar-refractivity contribution in [2.45, 2.75) is 78.8 Å². The molecule has 6 heteroatoms. The number of benzene rings is 3. The Morgan fingerprint density at radius 3 is 1.15 bits per heavy atom. The second-order valence-electron chi connectivity index (χ2n) is 9.09. The Balaban J connectivity index is 1.98. The Labute approximate surface area is 201 Å². The van der Waals surface area contributed by atoms with Gasteiger partial charge in [-0.2, -0.15) is 0 Å². The highest BCUT2D eigenvalue weighted by Crippen LogP contribution is 2.43. The SMILES string of the molecule is CC(C)OC(=O)CC(C)Oc1c2ccccc2c(OC(C)CC(=O)OC(C)C)c2ccccc12. The van der Waals surface area contributed by atoms with Gasteiger partial charge in [0.25, 0.3) is 0 Å². The van der Waals surface area contributed by atoms with Crippen molar-refractivity contribution in [3.05, 3.63) is 48.5 Å². The molecule has 0 aromatic heterocycles. The van der Waals surface area contributed by atoms with Crippen molar-refractivity contribution in [2.75, 3.05) is 0 Å². The third-order valence-corrected chi connectivity index (χ3v) is 5.11. The molecule has 0 heterocycles. The number of esters is 2. The molecule has 34 heavy (non-hydrogen) atoms. The van der Waals surface area contributed by atoms with Gasteiger partial charge in [0.15, 0.2) is 0 Å². The van der Waals surface area contributed by atoms with Crippen LogP contribution in [-0.4, -0.2) is 36.4 Å². The number of hydrogen-bond donors (Lipinski definition) is 0. The summed E-state index contributed by atoms with van der Waals surface area (Å²) in [4.78, 5) is 24.3. The fourth-order valence-electron chi connectivity index (χ4n) is 3.88.